The monoisotopic (exact) mass is 336 g/mol. The molecule has 0 amide bonds. The van der Waals surface area contributed by atoms with Gasteiger partial charge in [0.15, 0.2) is 0 Å². The van der Waals surface area contributed by atoms with Gasteiger partial charge in [0, 0.05) is 43.4 Å². The normalized spacial score (nSPS) is 15.8. The Labute approximate surface area is 148 Å². The maximum absolute atomic E-state index is 6.12. The van der Waals surface area contributed by atoms with Crippen molar-refractivity contribution in [2.75, 3.05) is 31.1 Å². The molecule has 122 valence electrons. The van der Waals surface area contributed by atoms with Crippen LogP contribution in [-0.4, -0.2) is 31.1 Å². The SMILES string of the molecule is Clc1cccc(N2CCN(Cc3cccc4ccccc34)CC2)c1. The predicted octanol–water partition coefficient (Wildman–Crippen LogP) is 4.82. The van der Waals surface area contributed by atoms with Crippen LogP contribution in [0.1, 0.15) is 5.56 Å². The highest BCUT2D eigenvalue weighted by Gasteiger charge is 2.18. The van der Waals surface area contributed by atoms with E-state index in [0.717, 1.165) is 37.7 Å². The van der Waals surface area contributed by atoms with Crippen LogP contribution in [0.15, 0.2) is 66.7 Å². The molecular formula is C21H21ClN2. The highest BCUT2D eigenvalue weighted by atomic mass is 35.5. The number of benzene rings is 3. The second-order valence-electron chi connectivity index (χ2n) is 6.38. The number of hydrogen-bond donors (Lipinski definition) is 0. The summed E-state index contributed by atoms with van der Waals surface area (Å²) in [5.41, 5.74) is 2.65. The van der Waals surface area contributed by atoms with Crippen LogP contribution >= 0.6 is 11.6 Å². The van der Waals surface area contributed by atoms with E-state index >= 15 is 0 Å². The van der Waals surface area contributed by atoms with E-state index in [1.807, 2.05) is 12.1 Å². The topological polar surface area (TPSA) is 6.48 Å². The fourth-order valence-corrected chi connectivity index (χ4v) is 3.69. The fourth-order valence-electron chi connectivity index (χ4n) is 3.51. The summed E-state index contributed by atoms with van der Waals surface area (Å²) in [6, 6.07) is 23.4. The molecule has 0 aliphatic carbocycles. The molecule has 0 saturated carbocycles. The third kappa shape index (κ3) is 3.26. The van der Waals surface area contributed by atoms with Gasteiger partial charge in [0.2, 0.25) is 0 Å². The van der Waals surface area contributed by atoms with Crippen LogP contribution < -0.4 is 4.90 Å². The fraction of sp³-hybridized carbons (Fsp3) is 0.238. The lowest BCUT2D eigenvalue weighted by Gasteiger charge is -2.36. The van der Waals surface area contributed by atoms with Crippen LogP contribution in [0, 0.1) is 0 Å². The summed E-state index contributed by atoms with van der Waals surface area (Å²) in [4.78, 5) is 4.97. The van der Waals surface area contributed by atoms with Gasteiger partial charge in [-0.2, -0.15) is 0 Å². The molecule has 1 heterocycles. The zero-order valence-electron chi connectivity index (χ0n) is 13.7. The van der Waals surface area contributed by atoms with E-state index in [4.69, 9.17) is 11.6 Å². The molecule has 3 aromatic rings. The van der Waals surface area contributed by atoms with Crippen molar-refractivity contribution in [3.8, 4) is 0 Å². The molecule has 1 saturated heterocycles. The summed E-state index contributed by atoms with van der Waals surface area (Å²) in [6.45, 7) is 5.27. The lowest BCUT2D eigenvalue weighted by atomic mass is 10.0. The summed E-state index contributed by atoms with van der Waals surface area (Å²) in [6.07, 6.45) is 0. The van der Waals surface area contributed by atoms with Crippen molar-refractivity contribution in [3.63, 3.8) is 0 Å². The Bertz CT molecular complexity index is 833. The molecule has 2 nitrogen and oxygen atoms in total. The minimum absolute atomic E-state index is 0.811. The summed E-state index contributed by atoms with van der Waals surface area (Å²) in [5, 5.41) is 3.51. The van der Waals surface area contributed by atoms with Crippen molar-refractivity contribution < 1.29 is 0 Å². The number of halogens is 1. The molecule has 0 atom stereocenters. The maximum atomic E-state index is 6.12. The molecule has 1 fully saturated rings. The zero-order chi connectivity index (χ0) is 16.4. The Morgan fingerprint density at radius 2 is 1.54 bits per heavy atom. The molecule has 0 unspecified atom stereocenters. The van der Waals surface area contributed by atoms with Crippen LogP contribution in [0.2, 0.25) is 5.02 Å². The molecule has 0 N–H and O–H groups in total. The number of fused-ring (bicyclic) bond motifs is 1. The zero-order valence-corrected chi connectivity index (χ0v) is 14.4. The van der Waals surface area contributed by atoms with E-state index in [1.54, 1.807) is 0 Å². The summed E-state index contributed by atoms with van der Waals surface area (Å²) < 4.78 is 0. The number of piperazine rings is 1. The Balaban J connectivity index is 1.44. The highest BCUT2D eigenvalue weighted by molar-refractivity contribution is 6.30. The first-order valence-corrected chi connectivity index (χ1v) is 8.87. The second-order valence-corrected chi connectivity index (χ2v) is 6.82. The quantitative estimate of drug-likeness (QED) is 0.677. The van der Waals surface area contributed by atoms with Crippen LogP contribution in [0.5, 0.6) is 0 Å². The minimum Gasteiger partial charge on any atom is -0.369 e. The molecule has 1 aliphatic heterocycles. The average Bonchev–Trinajstić information content (AvgIpc) is 2.63. The van der Waals surface area contributed by atoms with Gasteiger partial charge < -0.3 is 4.90 Å². The molecule has 1 aliphatic rings. The van der Waals surface area contributed by atoms with Crippen LogP contribution in [0.25, 0.3) is 10.8 Å². The van der Waals surface area contributed by atoms with Gasteiger partial charge in [-0.15, -0.1) is 0 Å². The highest BCUT2D eigenvalue weighted by Crippen LogP contribution is 2.23. The first kappa shape index (κ1) is 15.5. The molecule has 0 spiro atoms. The van der Waals surface area contributed by atoms with Crippen LogP contribution in [0.4, 0.5) is 5.69 Å². The van der Waals surface area contributed by atoms with Gasteiger partial charge in [0.05, 0.1) is 0 Å². The smallest absolute Gasteiger partial charge is 0.0426 e. The van der Waals surface area contributed by atoms with Gasteiger partial charge in [-0.25, -0.2) is 0 Å². The minimum atomic E-state index is 0.811. The Hall–Kier alpha value is -2.03. The molecule has 0 bridgehead atoms. The van der Waals surface area contributed by atoms with Gasteiger partial charge >= 0.3 is 0 Å². The third-order valence-electron chi connectivity index (χ3n) is 4.82. The number of rotatable bonds is 3. The van der Waals surface area contributed by atoms with Crippen molar-refractivity contribution in [1.82, 2.24) is 4.90 Å². The van der Waals surface area contributed by atoms with Gasteiger partial charge in [-0.1, -0.05) is 60.1 Å². The number of nitrogens with zero attached hydrogens (tertiary/aromatic N) is 2. The van der Waals surface area contributed by atoms with Crippen molar-refractivity contribution >= 4 is 28.1 Å². The maximum Gasteiger partial charge on any atom is 0.0426 e. The summed E-state index contributed by atoms with van der Waals surface area (Å²) >= 11 is 6.12. The van der Waals surface area contributed by atoms with Gasteiger partial charge in [-0.05, 0) is 34.5 Å². The lowest BCUT2D eigenvalue weighted by molar-refractivity contribution is 0.250. The average molecular weight is 337 g/mol. The van der Waals surface area contributed by atoms with E-state index < -0.39 is 0 Å². The van der Waals surface area contributed by atoms with Crippen LogP contribution in [-0.2, 0) is 6.54 Å². The number of anilines is 1. The molecule has 3 aromatic carbocycles. The van der Waals surface area contributed by atoms with Gasteiger partial charge in [0.1, 0.15) is 0 Å². The number of hydrogen-bond acceptors (Lipinski definition) is 2. The predicted molar refractivity (Wildman–Crippen MR) is 103 cm³/mol. The molecular weight excluding hydrogens is 316 g/mol. The molecule has 0 radical (unpaired) electrons. The molecule has 0 aromatic heterocycles. The van der Waals surface area contributed by atoms with Crippen molar-refractivity contribution in [1.29, 1.82) is 0 Å². The third-order valence-corrected chi connectivity index (χ3v) is 5.05. The van der Waals surface area contributed by atoms with E-state index in [9.17, 15) is 0 Å². The molecule has 4 rings (SSSR count). The van der Waals surface area contributed by atoms with Crippen LogP contribution in [0.3, 0.4) is 0 Å². The second kappa shape index (κ2) is 6.84. The van der Waals surface area contributed by atoms with E-state index in [1.165, 1.54) is 22.0 Å². The first-order valence-electron chi connectivity index (χ1n) is 8.49. The van der Waals surface area contributed by atoms with Crippen molar-refractivity contribution in [3.05, 3.63) is 77.3 Å². The summed E-state index contributed by atoms with van der Waals surface area (Å²) in [7, 11) is 0. The summed E-state index contributed by atoms with van der Waals surface area (Å²) in [5.74, 6) is 0. The molecule has 3 heteroatoms. The Morgan fingerprint density at radius 3 is 2.38 bits per heavy atom. The van der Waals surface area contributed by atoms with Gasteiger partial charge in [0.25, 0.3) is 0 Å². The first-order chi connectivity index (χ1) is 11.8. The Morgan fingerprint density at radius 1 is 0.792 bits per heavy atom. The van der Waals surface area contributed by atoms with E-state index in [0.29, 0.717) is 0 Å². The molecule has 24 heavy (non-hydrogen) atoms. The standard InChI is InChI=1S/C21H21ClN2/c22-19-8-4-9-20(15-19)24-13-11-23(12-14-24)16-18-7-3-6-17-5-1-2-10-21(17)18/h1-10,15H,11-14,16H2. The largest absolute Gasteiger partial charge is 0.369 e. The van der Waals surface area contributed by atoms with Crippen molar-refractivity contribution in [2.45, 2.75) is 6.54 Å². The lowest BCUT2D eigenvalue weighted by Crippen LogP contribution is -2.46. The van der Waals surface area contributed by atoms with Crippen molar-refractivity contribution in [2.24, 2.45) is 0 Å². The van der Waals surface area contributed by atoms with Gasteiger partial charge in [-0.3, -0.25) is 4.90 Å². The van der Waals surface area contributed by atoms with E-state index in [-0.39, 0.29) is 0 Å². The van der Waals surface area contributed by atoms with E-state index in [2.05, 4.69) is 64.4 Å². The Kier molecular flexibility index (Phi) is 4.42.